The monoisotopic (exact) mass is 375 g/mol. The standard InChI is InChI=1S/C23H25N3O2/c27-23(25-12-10-17-6-2-1-3-7-17)26-22-16-28-15-19(22)14-18-11-13-24-21-9-5-4-8-20(18)21/h1-9,11,13,19,22H,10,12,14-16H2,(H2,25,26,27)/t19-,22-/m1/s1. The van der Waals surface area contributed by atoms with E-state index in [-0.39, 0.29) is 18.0 Å². The predicted octanol–water partition coefficient (Wildman–Crippen LogP) is 3.33. The number of aromatic nitrogens is 1. The second kappa shape index (κ2) is 8.85. The van der Waals surface area contributed by atoms with Crippen molar-refractivity contribution in [2.24, 2.45) is 5.92 Å². The number of amides is 2. The summed E-state index contributed by atoms with van der Waals surface area (Å²) in [7, 11) is 0. The van der Waals surface area contributed by atoms with E-state index in [0.717, 1.165) is 18.4 Å². The van der Waals surface area contributed by atoms with Crippen molar-refractivity contribution < 1.29 is 9.53 Å². The number of nitrogens with zero attached hydrogens (tertiary/aromatic N) is 1. The Morgan fingerprint density at radius 1 is 1.04 bits per heavy atom. The minimum absolute atomic E-state index is 0.0173. The molecule has 2 heterocycles. The van der Waals surface area contributed by atoms with Crippen LogP contribution in [0.15, 0.2) is 66.9 Å². The minimum Gasteiger partial charge on any atom is -0.379 e. The molecule has 0 spiro atoms. The lowest BCUT2D eigenvalue weighted by molar-refractivity contribution is 0.182. The highest BCUT2D eigenvalue weighted by atomic mass is 16.5. The van der Waals surface area contributed by atoms with Crippen LogP contribution < -0.4 is 10.6 Å². The van der Waals surface area contributed by atoms with Gasteiger partial charge < -0.3 is 15.4 Å². The van der Waals surface area contributed by atoms with E-state index in [4.69, 9.17) is 4.74 Å². The van der Waals surface area contributed by atoms with Gasteiger partial charge >= 0.3 is 6.03 Å². The molecule has 3 aromatic rings. The quantitative estimate of drug-likeness (QED) is 0.695. The maximum Gasteiger partial charge on any atom is 0.315 e. The average Bonchev–Trinajstić information content (AvgIpc) is 3.15. The molecule has 0 aliphatic carbocycles. The van der Waals surface area contributed by atoms with Gasteiger partial charge in [0.25, 0.3) is 0 Å². The molecule has 2 N–H and O–H groups in total. The molecule has 1 aromatic heterocycles. The molecular weight excluding hydrogens is 350 g/mol. The van der Waals surface area contributed by atoms with Gasteiger partial charge in [0.1, 0.15) is 0 Å². The number of pyridine rings is 1. The van der Waals surface area contributed by atoms with Crippen LogP contribution in [-0.4, -0.2) is 36.8 Å². The van der Waals surface area contributed by atoms with Crippen molar-refractivity contribution in [1.29, 1.82) is 0 Å². The molecule has 1 aliphatic heterocycles. The van der Waals surface area contributed by atoms with Gasteiger partial charge in [0.15, 0.2) is 0 Å². The van der Waals surface area contributed by atoms with Crippen LogP contribution in [-0.2, 0) is 17.6 Å². The summed E-state index contributed by atoms with van der Waals surface area (Å²) in [5.74, 6) is 0.255. The average molecular weight is 375 g/mol. The van der Waals surface area contributed by atoms with Gasteiger partial charge in [-0.3, -0.25) is 4.98 Å². The molecule has 2 atom stereocenters. The van der Waals surface area contributed by atoms with Gasteiger partial charge in [0.2, 0.25) is 0 Å². The van der Waals surface area contributed by atoms with Gasteiger partial charge in [0, 0.05) is 24.0 Å². The first-order valence-corrected chi connectivity index (χ1v) is 9.78. The highest BCUT2D eigenvalue weighted by Gasteiger charge is 2.30. The van der Waals surface area contributed by atoms with Gasteiger partial charge in [-0.25, -0.2) is 4.79 Å². The first-order valence-electron chi connectivity index (χ1n) is 9.78. The Morgan fingerprint density at radius 3 is 2.75 bits per heavy atom. The third-order valence-electron chi connectivity index (χ3n) is 5.28. The predicted molar refractivity (Wildman–Crippen MR) is 110 cm³/mol. The van der Waals surface area contributed by atoms with Crippen LogP contribution in [0.5, 0.6) is 0 Å². The number of para-hydroxylation sites is 1. The van der Waals surface area contributed by atoms with Crippen molar-refractivity contribution in [2.45, 2.75) is 18.9 Å². The molecule has 0 bridgehead atoms. The number of carbonyl (C=O) groups is 1. The summed E-state index contributed by atoms with van der Waals surface area (Å²) in [5.41, 5.74) is 3.47. The van der Waals surface area contributed by atoms with Crippen molar-refractivity contribution in [2.75, 3.05) is 19.8 Å². The third-order valence-corrected chi connectivity index (χ3v) is 5.28. The van der Waals surface area contributed by atoms with Crippen molar-refractivity contribution in [1.82, 2.24) is 15.6 Å². The fourth-order valence-corrected chi connectivity index (χ4v) is 3.76. The Kier molecular flexibility index (Phi) is 5.83. The van der Waals surface area contributed by atoms with Crippen LogP contribution in [0.2, 0.25) is 0 Å². The van der Waals surface area contributed by atoms with Crippen LogP contribution in [0.3, 0.4) is 0 Å². The molecule has 4 rings (SSSR count). The lowest BCUT2D eigenvalue weighted by Crippen LogP contribution is -2.46. The second-order valence-corrected chi connectivity index (χ2v) is 7.23. The first-order chi connectivity index (χ1) is 13.8. The molecule has 0 unspecified atom stereocenters. The smallest absolute Gasteiger partial charge is 0.315 e. The number of carbonyl (C=O) groups excluding carboxylic acids is 1. The SMILES string of the molecule is O=C(NCCc1ccccc1)N[C@@H]1COC[C@H]1Cc1ccnc2ccccc12. The van der Waals surface area contributed by atoms with Crippen LogP contribution in [0.4, 0.5) is 4.79 Å². The van der Waals surface area contributed by atoms with Gasteiger partial charge in [-0.2, -0.15) is 0 Å². The zero-order valence-corrected chi connectivity index (χ0v) is 15.8. The van der Waals surface area contributed by atoms with E-state index in [9.17, 15) is 4.79 Å². The third kappa shape index (κ3) is 4.49. The van der Waals surface area contributed by atoms with Gasteiger partial charge in [-0.05, 0) is 36.1 Å². The second-order valence-electron chi connectivity index (χ2n) is 7.23. The number of hydrogen-bond acceptors (Lipinski definition) is 3. The molecule has 2 aromatic carbocycles. The largest absolute Gasteiger partial charge is 0.379 e. The number of benzene rings is 2. The lowest BCUT2D eigenvalue weighted by atomic mass is 9.93. The summed E-state index contributed by atoms with van der Waals surface area (Å²) in [6.07, 6.45) is 3.53. The number of ether oxygens (including phenoxy) is 1. The summed E-state index contributed by atoms with van der Waals surface area (Å²) in [4.78, 5) is 16.7. The Bertz CT molecular complexity index is 924. The molecule has 5 heteroatoms. The van der Waals surface area contributed by atoms with E-state index in [2.05, 4.69) is 39.9 Å². The van der Waals surface area contributed by atoms with Crippen molar-refractivity contribution in [3.8, 4) is 0 Å². The van der Waals surface area contributed by atoms with E-state index in [1.54, 1.807) is 0 Å². The Morgan fingerprint density at radius 2 is 1.86 bits per heavy atom. The summed E-state index contributed by atoms with van der Waals surface area (Å²) < 4.78 is 5.67. The molecule has 1 aliphatic rings. The number of fused-ring (bicyclic) bond motifs is 1. The fourth-order valence-electron chi connectivity index (χ4n) is 3.76. The van der Waals surface area contributed by atoms with Crippen molar-refractivity contribution >= 4 is 16.9 Å². The van der Waals surface area contributed by atoms with Gasteiger partial charge in [0.05, 0.1) is 24.8 Å². The van der Waals surface area contributed by atoms with Crippen LogP contribution >= 0.6 is 0 Å². The van der Waals surface area contributed by atoms with E-state index in [0.29, 0.717) is 19.8 Å². The van der Waals surface area contributed by atoms with Crippen LogP contribution in [0, 0.1) is 5.92 Å². The topological polar surface area (TPSA) is 63.2 Å². The van der Waals surface area contributed by atoms with Crippen LogP contribution in [0.1, 0.15) is 11.1 Å². The van der Waals surface area contributed by atoms with Crippen molar-refractivity contribution in [3.05, 3.63) is 78.0 Å². The Hall–Kier alpha value is -2.92. The highest BCUT2D eigenvalue weighted by molar-refractivity contribution is 5.81. The number of nitrogens with one attached hydrogen (secondary N) is 2. The van der Waals surface area contributed by atoms with Gasteiger partial charge in [-0.1, -0.05) is 48.5 Å². The summed E-state index contributed by atoms with van der Waals surface area (Å²) >= 11 is 0. The summed E-state index contributed by atoms with van der Waals surface area (Å²) in [6, 6.07) is 20.3. The highest BCUT2D eigenvalue weighted by Crippen LogP contribution is 2.24. The van der Waals surface area contributed by atoms with Crippen molar-refractivity contribution in [3.63, 3.8) is 0 Å². The zero-order valence-electron chi connectivity index (χ0n) is 15.8. The zero-order chi connectivity index (χ0) is 19.2. The molecular formula is C23H25N3O2. The molecule has 0 saturated carbocycles. The van der Waals surface area contributed by atoms with E-state index >= 15 is 0 Å². The number of urea groups is 1. The van der Waals surface area contributed by atoms with Gasteiger partial charge in [-0.15, -0.1) is 0 Å². The summed E-state index contributed by atoms with van der Waals surface area (Å²) in [5, 5.41) is 7.22. The molecule has 2 amide bonds. The Balaban J connectivity index is 1.32. The van der Waals surface area contributed by atoms with Crippen LogP contribution in [0.25, 0.3) is 10.9 Å². The molecule has 28 heavy (non-hydrogen) atoms. The lowest BCUT2D eigenvalue weighted by Gasteiger charge is -2.20. The number of rotatable bonds is 6. The number of hydrogen-bond donors (Lipinski definition) is 2. The fraction of sp³-hybridized carbons (Fsp3) is 0.304. The van der Waals surface area contributed by atoms with E-state index in [1.165, 1.54) is 16.5 Å². The van der Waals surface area contributed by atoms with E-state index < -0.39 is 0 Å². The summed E-state index contributed by atoms with van der Waals surface area (Å²) in [6.45, 7) is 1.83. The normalized spacial score (nSPS) is 18.9. The first kappa shape index (κ1) is 18.4. The molecule has 1 fully saturated rings. The Labute approximate surface area is 165 Å². The van der Waals surface area contributed by atoms with E-state index in [1.807, 2.05) is 42.6 Å². The molecule has 1 saturated heterocycles. The maximum atomic E-state index is 12.3. The molecule has 144 valence electrons. The minimum atomic E-state index is -0.129. The molecule has 5 nitrogen and oxygen atoms in total. The molecule has 0 radical (unpaired) electrons. The maximum absolute atomic E-state index is 12.3.